The maximum atomic E-state index is 13.7. The largest absolute Gasteiger partial charge is 0.417 e. The normalized spacial score (nSPS) is 20.5. The number of alkyl halides is 3. The molecule has 2 fully saturated rings. The third kappa shape index (κ3) is 4.74. The Kier molecular flexibility index (Phi) is 6.43. The van der Waals surface area contributed by atoms with E-state index in [1.807, 2.05) is 42.5 Å². The van der Waals surface area contributed by atoms with Gasteiger partial charge < -0.3 is 10.2 Å². The third-order valence-corrected chi connectivity index (χ3v) is 9.32. The van der Waals surface area contributed by atoms with Crippen molar-refractivity contribution >= 4 is 21.4 Å². The summed E-state index contributed by atoms with van der Waals surface area (Å²) in [4.78, 5) is 14.3. The van der Waals surface area contributed by atoms with E-state index < -0.39 is 49.2 Å². The molecule has 1 amide bonds. The fraction of sp³-hybridized carbons (Fsp3) is 0.286. The molecule has 1 heterocycles. The fourth-order valence-electron chi connectivity index (χ4n) is 4.96. The topological polar surface area (TPSA) is 90.3 Å². The Morgan fingerprint density at radius 3 is 2.26 bits per heavy atom. The van der Waals surface area contributed by atoms with E-state index >= 15 is 0 Å². The van der Waals surface area contributed by atoms with Crippen molar-refractivity contribution in [1.82, 2.24) is 5.32 Å². The number of nitriles is 1. The number of carbonyl (C=O) groups is 1. The number of halogens is 3. The van der Waals surface area contributed by atoms with Gasteiger partial charge in [0.1, 0.15) is 11.6 Å². The third-order valence-electron chi connectivity index (χ3n) is 7.13. The number of anilines is 1. The first-order valence-electron chi connectivity index (χ1n) is 12.1. The molecule has 5 rings (SSSR count). The van der Waals surface area contributed by atoms with Crippen LogP contribution in [0.2, 0.25) is 0 Å². The first kappa shape index (κ1) is 25.8. The summed E-state index contributed by atoms with van der Waals surface area (Å²) in [5.74, 6) is -0.520. The van der Waals surface area contributed by atoms with Gasteiger partial charge in [0.05, 0.1) is 21.8 Å². The Balaban J connectivity index is 1.57. The van der Waals surface area contributed by atoms with Gasteiger partial charge in [-0.1, -0.05) is 60.7 Å². The molecular weight excluding hydrogens is 515 g/mol. The molecule has 6 nitrogen and oxygen atoms in total. The highest BCUT2D eigenvalue weighted by molar-refractivity contribution is 7.92. The number of sulfone groups is 1. The predicted octanol–water partition coefficient (Wildman–Crippen LogP) is 4.97. The number of nitrogens with zero attached hydrogens (tertiary/aromatic N) is 2. The van der Waals surface area contributed by atoms with Crippen molar-refractivity contribution < 1.29 is 26.4 Å². The summed E-state index contributed by atoms with van der Waals surface area (Å²) in [7, 11) is -4.48. The lowest BCUT2D eigenvalue weighted by molar-refractivity contribution is -0.139. The van der Waals surface area contributed by atoms with Crippen LogP contribution < -0.4 is 10.2 Å². The number of para-hydroxylation sites is 1. The summed E-state index contributed by atoms with van der Waals surface area (Å²) in [6.07, 6.45) is -4.10. The predicted molar refractivity (Wildman–Crippen MR) is 136 cm³/mol. The van der Waals surface area contributed by atoms with Crippen LogP contribution in [0.25, 0.3) is 11.1 Å². The molecule has 2 atom stereocenters. The average molecular weight is 540 g/mol. The van der Waals surface area contributed by atoms with Crippen molar-refractivity contribution in [2.24, 2.45) is 0 Å². The Bertz CT molecular complexity index is 1510. The summed E-state index contributed by atoms with van der Waals surface area (Å²) < 4.78 is 68.4. The number of rotatable bonds is 6. The molecule has 38 heavy (non-hydrogen) atoms. The average Bonchev–Trinajstić information content (AvgIpc) is 3.53. The fourth-order valence-corrected chi connectivity index (χ4v) is 6.87. The van der Waals surface area contributed by atoms with E-state index in [0.29, 0.717) is 18.5 Å². The molecule has 3 aromatic carbocycles. The lowest BCUT2D eigenvalue weighted by atomic mass is 10.0. The first-order chi connectivity index (χ1) is 18.1. The van der Waals surface area contributed by atoms with Crippen molar-refractivity contribution in [3.63, 3.8) is 0 Å². The first-order valence-corrected chi connectivity index (χ1v) is 13.6. The molecule has 0 bridgehead atoms. The zero-order valence-electron chi connectivity index (χ0n) is 20.1. The van der Waals surface area contributed by atoms with E-state index in [9.17, 15) is 31.6 Å². The van der Waals surface area contributed by atoms with E-state index in [1.54, 1.807) is 17.0 Å². The van der Waals surface area contributed by atoms with Crippen molar-refractivity contribution in [2.45, 2.75) is 47.2 Å². The van der Waals surface area contributed by atoms with Crippen molar-refractivity contribution in [3.05, 3.63) is 84.4 Å². The smallest absolute Gasteiger partial charge is 0.358 e. The number of carbonyl (C=O) groups excluding carboxylic acids is 1. The quantitative estimate of drug-likeness (QED) is 0.478. The van der Waals surface area contributed by atoms with Gasteiger partial charge >= 0.3 is 6.18 Å². The maximum Gasteiger partial charge on any atom is 0.417 e. The molecule has 1 aliphatic heterocycles. The van der Waals surface area contributed by atoms with Crippen LogP contribution in [0.15, 0.2) is 83.8 Å². The molecule has 2 unspecified atom stereocenters. The Morgan fingerprint density at radius 1 is 0.974 bits per heavy atom. The van der Waals surface area contributed by atoms with Crippen LogP contribution in [0.1, 0.15) is 24.8 Å². The van der Waals surface area contributed by atoms with E-state index in [2.05, 4.69) is 11.4 Å². The molecule has 0 aromatic heterocycles. The van der Waals surface area contributed by atoms with Crippen LogP contribution in [0.3, 0.4) is 0 Å². The van der Waals surface area contributed by atoms with Gasteiger partial charge in [-0.15, -0.1) is 0 Å². The zero-order valence-corrected chi connectivity index (χ0v) is 21.0. The van der Waals surface area contributed by atoms with Crippen LogP contribution in [-0.2, 0) is 20.8 Å². The highest BCUT2D eigenvalue weighted by Crippen LogP contribution is 2.41. The van der Waals surface area contributed by atoms with Crippen molar-refractivity contribution in [1.29, 1.82) is 5.26 Å². The Labute approximate surface area is 218 Å². The molecule has 1 N–H and O–H groups in total. The molecule has 1 saturated carbocycles. The molecule has 1 saturated heterocycles. The van der Waals surface area contributed by atoms with Gasteiger partial charge in [0.15, 0.2) is 9.84 Å². The van der Waals surface area contributed by atoms with E-state index in [4.69, 9.17) is 0 Å². The summed E-state index contributed by atoms with van der Waals surface area (Å²) in [6.45, 7) is -0.185. The minimum atomic E-state index is -4.86. The Morgan fingerprint density at radius 2 is 1.61 bits per heavy atom. The molecule has 3 aromatic rings. The molecule has 0 radical (unpaired) electrons. The second-order valence-corrected chi connectivity index (χ2v) is 11.8. The van der Waals surface area contributed by atoms with Crippen LogP contribution in [0.4, 0.5) is 18.9 Å². The van der Waals surface area contributed by atoms with Crippen LogP contribution >= 0.6 is 0 Å². The molecule has 196 valence electrons. The van der Waals surface area contributed by atoms with Gasteiger partial charge in [0.25, 0.3) is 0 Å². The number of amides is 1. The van der Waals surface area contributed by atoms with Crippen molar-refractivity contribution in [3.8, 4) is 17.2 Å². The SMILES string of the molecule is N#CC1(NC(=O)C2CC(S(=O)(=O)c3ccccc3C(F)(F)F)CN2c2ccccc2-c2ccccc2)CC1. The number of hydrogen-bond acceptors (Lipinski definition) is 5. The summed E-state index contributed by atoms with van der Waals surface area (Å²) in [6, 6.07) is 21.7. The maximum absolute atomic E-state index is 13.7. The number of hydrogen-bond donors (Lipinski definition) is 1. The zero-order chi connectivity index (χ0) is 27.1. The van der Waals surface area contributed by atoms with Crippen molar-refractivity contribution in [2.75, 3.05) is 11.4 Å². The summed E-state index contributed by atoms with van der Waals surface area (Å²) >= 11 is 0. The van der Waals surface area contributed by atoms with Gasteiger partial charge in [-0.2, -0.15) is 18.4 Å². The van der Waals surface area contributed by atoms with Crippen LogP contribution in [-0.4, -0.2) is 37.7 Å². The van der Waals surface area contributed by atoms with Gasteiger partial charge in [-0.3, -0.25) is 4.79 Å². The second-order valence-electron chi connectivity index (χ2n) is 9.63. The summed E-state index contributed by atoms with van der Waals surface area (Å²) in [5.41, 5.74) is -0.0394. The highest BCUT2D eigenvalue weighted by Gasteiger charge is 2.50. The molecule has 10 heteroatoms. The van der Waals surface area contributed by atoms with E-state index in [-0.39, 0.29) is 13.0 Å². The lowest BCUT2D eigenvalue weighted by Gasteiger charge is -2.29. The minimum Gasteiger partial charge on any atom is -0.358 e. The lowest BCUT2D eigenvalue weighted by Crippen LogP contribution is -2.47. The monoisotopic (exact) mass is 539 g/mol. The van der Waals surface area contributed by atoms with Crippen LogP contribution in [0, 0.1) is 11.3 Å². The molecule has 2 aliphatic rings. The van der Waals surface area contributed by atoms with Gasteiger partial charge in [0, 0.05) is 17.8 Å². The minimum absolute atomic E-state index is 0.185. The standard InChI is InChI=1S/C28H24F3N3O3S/c29-28(30,31)22-11-5-7-13-25(22)38(36,37)20-16-24(26(35)33-27(18-32)14-15-27)34(17-20)23-12-6-4-10-21(23)19-8-2-1-3-9-19/h1-13,20,24H,14-17H2,(H,33,35). The second kappa shape index (κ2) is 9.48. The van der Waals surface area contributed by atoms with E-state index in [0.717, 1.165) is 29.3 Å². The number of benzene rings is 3. The Hall–Kier alpha value is -3.84. The number of nitrogens with one attached hydrogen (secondary N) is 1. The van der Waals surface area contributed by atoms with Gasteiger partial charge in [-0.25, -0.2) is 8.42 Å². The highest BCUT2D eigenvalue weighted by atomic mass is 32.2. The molecular formula is C28H24F3N3O3S. The van der Waals surface area contributed by atoms with Gasteiger partial charge in [0.2, 0.25) is 5.91 Å². The molecule has 0 spiro atoms. The summed E-state index contributed by atoms with van der Waals surface area (Å²) in [5, 5.41) is 11.0. The van der Waals surface area contributed by atoms with Gasteiger partial charge in [-0.05, 0) is 43.0 Å². The molecule has 1 aliphatic carbocycles. The van der Waals surface area contributed by atoms with E-state index in [1.165, 1.54) is 6.07 Å². The van der Waals surface area contributed by atoms with Crippen LogP contribution in [0.5, 0.6) is 0 Å².